The number of hydrogen-bond acceptors (Lipinski definition) is 7. The first-order valence-electron chi connectivity index (χ1n) is 8.13. The lowest BCUT2D eigenvalue weighted by molar-refractivity contribution is -0.135. The van der Waals surface area contributed by atoms with Crippen LogP contribution in [0.5, 0.6) is 17.2 Å². The minimum atomic E-state index is -0.913. The average molecular weight is 355 g/mol. The second-order valence-corrected chi connectivity index (χ2v) is 6.17. The summed E-state index contributed by atoms with van der Waals surface area (Å²) in [6.45, 7) is 4.02. The van der Waals surface area contributed by atoms with E-state index in [1.807, 2.05) is 38.1 Å². The maximum atomic E-state index is 12.2. The zero-order chi connectivity index (χ0) is 18.4. The molecule has 0 N–H and O–H groups in total. The molecule has 5 rings (SSSR count). The smallest absolute Gasteiger partial charge is 0.379 e. The zero-order valence-electron chi connectivity index (χ0n) is 14.6. The van der Waals surface area contributed by atoms with Gasteiger partial charge in [-0.3, -0.25) is 4.79 Å². The number of esters is 1. The fourth-order valence-electron chi connectivity index (χ4n) is 3.14. The van der Waals surface area contributed by atoms with E-state index in [1.54, 1.807) is 11.1 Å². The highest BCUT2D eigenvalue weighted by molar-refractivity contribution is 6.41. The Kier molecular flexibility index (Phi) is 3.72. The molecule has 1 unspecified atom stereocenters. The van der Waals surface area contributed by atoms with Crippen LogP contribution in [0.3, 0.4) is 0 Å². The van der Waals surface area contributed by atoms with E-state index in [-0.39, 0.29) is 18.4 Å². The molecule has 3 aliphatic rings. The minimum absolute atomic E-state index is 0.148. The first-order valence-corrected chi connectivity index (χ1v) is 8.13. The van der Waals surface area contributed by atoms with Crippen molar-refractivity contribution in [3.05, 3.63) is 47.0 Å². The summed E-state index contributed by atoms with van der Waals surface area (Å²) in [4.78, 5) is 29.7. The van der Waals surface area contributed by atoms with Crippen molar-refractivity contribution in [3.63, 3.8) is 0 Å². The van der Waals surface area contributed by atoms with E-state index in [9.17, 15) is 9.59 Å². The number of ketones is 1. The van der Waals surface area contributed by atoms with Gasteiger partial charge in [0.15, 0.2) is 17.2 Å². The molecule has 0 spiro atoms. The summed E-state index contributed by atoms with van der Waals surface area (Å²) in [5.41, 5.74) is 2.65. The van der Waals surface area contributed by atoms with Crippen molar-refractivity contribution in [2.45, 2.75) is 19.9 Å². The Labute approximate surface area is 150 Å². The number of carbonyl (C=O) groups is 2. The monoisotopic (exact) mass is 355 g/mol. The Morgan fingerprint density at radius 2 is 1.92 bits per heavy atom. The SMILES string of the molecule is COC(=O)C(=O)c1cc2cc(C)c1ON2C(C)c1ccc2c(c1)OCO2. The second kappa shape index (κ2) is 5.94. The van der Waals surface area contributed by atoms with Gasteiger partial charge in [-0.15, -0.1) is 0 Å². The molecular formula is C19H17NO6. The van der Waals surface area contributed by atoms with Gasteiger partial charge in [0, 0.05) is 0 Å². The third-order valence-electron chi connectivity index (χ3n) is 4.55. The molecule has 134 valence electrons. The van der Waals surface area contributed by atoms with Crippen molar-refractivity contribution >= 4 is 17.4 Å². The van der Waals surface area contributed by atoms with Gasteiger partial charge in [0.2, 0.25) is 6.79 Å². The standard InChI is InChI=1S/C19H17NO6/c1-10-6-13-8-14(17(21)19(22)23-3)18(10)26-20(13)11(2)12-4-5-15-16(7-12)25-9-24-15/h4-8,11H,9H2,1-3H3. The predicted octanol–water partition coefficient (Wildman–Crippen LogP) is 2.95. The highest BCUT2D eigenvalue weighted by Crippen LogP contribution is 2.42. The van der Waals surface area contributed by atoms with Gasteiger partial charge in [0.05, 0.1) is 24.4 Å². The van der Waals surface area contributed by atoms with Crippen molar-refractivity contribution in [2.24, 2.45) is 0 Å². The number of ether oxygens (including phenoxy) is 3. The van der Waals surface area contributed by atoms with Gasteiger partial charge in [-0.25, -0.2) is 9.86 Å². The number of rotatable bonds is 4. The number of hydroxylamine groups is 1. The number of carbonyl (C=O) groups excluding carboxylic acids is 2. The Hall–Kier alpha value is -3.22. The Morgan fingerprint density at radius 1 is 1.15 bits per heavy atom. The normalized spacial score (nSPS) is 14.8. The van der Waals surface area contributed by atoms with E-state index in [0.29, 0.717) is 22.9 Å². The fourth-order valence-corrected chi connectivity index (χ4v) is 3.14. The Morgan fingerprint density at radius 3 is 2.65 bits per heavy atom. The average Bonchev–Trinajstić information content (AvgIpc) is 3.13. The lowest BCUT2D eigenvalue weighted by Crippen LogP contribution is -2.35. The Balaban J connectivity index is 1.67. The summed E-state index contributed by atoms with van der Waals surface area (Å²) in [7, 11) is 1.18. The molecule has 0 saturated carbocycles. The van der Waals surface area contributed by atoms with E-state index in [2.05, 4.69) is 4.74 Å². The van der Waals surface area contributed by atoms with Gasteiger partial charge in [-0.1, -0.05) is 6.07 Å². The van der Waals surface area contributed by atoms with E-state index in [0.717, 1.165) is 11.1 Å². The lowest BCUT2D eigenvalue weighted by atomic mass is 10.0. The third-order valence-corrected chi connectivity index (χ3v) is 4.55. The lowest BCUT2D eigenvalue weighted by Gasteiger charge is -2.36. The highest BCUT2D eigenvalue weighted by Gasteiger charge is 2.33. The topological polar surface area (TPSA) is 74.3 Å². The number of benzene rings is 2. The van der Waals surface area contributed by atoms with Gasteiger partial charge < -0.3 is 19.0 Å². The van der Waals surface area contributed by atoms with Crippen LogP contribution in [0, 0.1) is 6.92 Å². The first kappa shape index (κ1) is 16.3. The van der Waals surface area contributed by atoms with Crippen LogP contribution in [0.1, 0.15) is 34.5 Å². The van der Waals surface area contributed by atoms with Crippen molar-refractivity contribution in [1.82, 2.24) is 0 Å². The summed E-state index contributed by atoms with van der Waals surface area (Å²) in [6.07, 6.45) is 0. The molecule has 0 fully saturated rings. The van der Waals surface area contributed by atoms with E-state index < -0.39 is 11.8 Å². The number of anilines is 1. The minimum Gasteiger partial charge on any atom is -0.463 e. The maximum absolute atomic E-state index is 12.2. The van der Waals surface area contributed by atoms with E-state index in [4.69, 9.17) is 14.3 Å². The fraction of sp³-hybridized carbons (Fsp3) is 0.263. The van der Waals surface area contributed by atoms with Crippen LogP contribution in [-0.4, -0.2) is 25.7 Å². The quantitative estimate of drug-likeness (QED) is 0.474. The number of nitrogens with zero attached hydrogens (tertiary/aromatic N) is 1. The van der Waals surface area contributed by atoms with Crippen LogP contribution < -0.4 is 19.4 Å². The van der Waals surface area contributed by atoms with E-state index >= 15 is 0 Å². The summed E-state index contributed by atoms with van der Waals surface area (Å²) in [6, 6.07) is 9.12. The molecular weight excluding hydrogens is 338 g/mol. The molecule has 3 heterocycles. The van der Waals surface area contributed by atoms with E-state index in [1.165, 1.54) is 7.11 Å². The molecule has 0 radical (unpaired) electrons. The molecule has 7 heteroatoms. The number of Topliss-reactive ketones (excluding diaryl/α,β-unsaturated/α-hetero) is 1. The van der Waals surface area contributed by atoms with Crippen LogP contribution in [0.15, 0.2) is 30.3 Å². The molecule has 0 aliphatic carbocycles. The van der Waals surface area contributed by atoms with Gasteiger partial charge in [0.25, 0.3) is 5.78 Å². The van der Waals surface area contributed by atoms with Crippen molar-refractivity contribution < 1.29 is 28.6 Å². The molecule has 7 nitrogen and oxygen atoms in total. The van der Waals surface area contributed by atoms with Crippen LogP contribution in [0.25, 0.3) is 0 Å². The number of methoxy groups -OCH3 is 1. The van der Waals surface area contributed by atoms with Crippen LogP contribution in [0.2, 0.25) is 0 Å². The second-order valence-electron chi connectivity index (χ2n) is 6.17. The largest absolute Gasteiger partial charge is 0.463 e. The molecule has 26 heavy (non-hydrogen) atoms. The number of aryl methyl sites for hydroxylation is 1. The van der Waals surface area contributed by atoms with Gasteiger partial charge in [0.1, 0.15) is 0 Å². The van der Waals surface area contributed by atoms with Crippen molar-refractivity contribution in [3.8, 4) is 17.2 Å². The zero-order valence-corrected chi connectivity index (χ0v) is 14.6. The van der Waals surface area contributed by atoms with Gasteiger partial charge in [-0.2, -0.15) is 0 Å². The Bertz CT molecular complexity index is 922. The van der Waals surface area contributed by atoms with Crippen molar-refractivity contribution in [1.29, 1.82) is 0 Å². The maximum Gasteiger partial charge on any atom is 0.379 e. The van der Waals surface area contributed by atoms with Gasteiger partial charge in [-0.05, 0) is 49.2 Å². The molecule has 0 amide bonds. The highest BCUT2D eigenvalue weighted by atomic mass is 16.7. The molecule has 2 aromatic rings. The molecule has 3 aliphatic heterocycles. The molecule has 0 saturated heterocycles. The van der Waals surface area contributed by atoms with Gasteiger partial charge >= 0.3 is 5.97 Å². The van der Waals surface area contributed by atoms with Crippen LogP contribution in [0.4, 0.5) is 5.69 Å². The molecule has 2 bridgehead atoms. The third kappa shape index (κ3) is 2.44. The van der Waals surface area contributed by atoms with Crippen molar-refractivity contribution in [2.75, 3.05) is 19.0 Å². The van der Waals surface area contributed by atoms with Crippen LogP contribution >= 0.6 is 0 Å². The molecule has 2 aromatic carbocycles. The summed E-state index contributed by atoms with van der Waals surface area (Å²) < 4.78 is 15.3. The first-order chi connectivity index (χ1) is 12.5. The molecule has 1 atom stereocenters. The summed E-state index contributed by atoms with van der Waals surface area (Å²) in [5, 5.41) is 1.70. The predicted molar refractivity (Wildman–Crippen MR) is 91.6 cm³/mol. The molecule has 0 aromatic heterocycles. The summed E-state index contributed by atoms with van der Waals surface area (Å²) in [5.74, 6) is 0.137. The number of fused-ring (bicyclic) bond motifs is 4. The number of hydrogen-bond donors (Lipinski definition) is 0. The summed E-state index contributed by atoms with van der Waals surface area (Å²) >= 11 is 0. The van der Waals surface area contributed by atoms with Crippen LogP contribution in [-0.2, 0) is 9.53 Å².